The normalized spacial score (nSPS) is 12.8. The fraction of sp³-hybridized carbons (Fsp3) is 0.226. The van der Waals surface area contributed by atoms with E-state index in [2.05, 4.69) is 98.4 Å². The Morgan fingerprint density at radius 3 is 2.35 bits per heavy atom. The first kappa shape index (κ1) is 25.8. The summed E-state index contributed by atoms with van der Waals surface area (Å²) >= 11 is 0. The zero-order chi connectivity index (χ0) is 26.7. The van der Waals surface area contributed by atoms with Crippen molar-refractivity contribution >= 4 is 40.1 Å². The Bertz CT molecular complexity index is 1490. The summed E-state index contributed by atoms with van der Waals surface area (Å²) in [7, 11) is 0. The van der Waals surface area contributed by atoms with Gasteiger partial charge in [0.1, 0.15) is 12.4 Å². The predicted octanol–water partition coefficient (Wildman–Crippen LogP) is 6.72. The first-order valence-electron chi connectivity index (χ1n) is 12.2. The molecule has 0 aliphatic carbocycles. The molecule has 5 rings (SSSR count). The SMILES string of the molecule is CC(=O)Nc1ccc(C2=C(c3cn(C(C)(C)C)c4ccccc34)COc3cc(C)ccc32)cc1.O=CO. The number of carbonyl (C=O) groups is 2. The quantitative estimate of drug-likeness (QED) is 0.309. The number of benzene rings is 3. The van der Waals surface area contributed by atoms with Gasteiger partial charge in [-0.05, 0) is 68.7 Å². The molecule has 4 aromatic rings. The highest BCUT2D eigenvalue weighted by Gasteiger charge is 2.27. The highest BCUT2D eigenvalue weighted by atomic mass is 16.5. The van der Waals surface area contributed by atoms with Crippen LogP contribution in [0.3, 0.4) is 0 Å². The number of nitrogens with one attached hydrogen (secondary N) is 1. The van der Waals surface area contributed by atoms with Crippen molar-refractivity contribution in [3.8, 4) is 5.75 Å². The second-order valence-electron chi connectivity index (χ2n) is 10.1. The van der Waals surface area contributed by atoms with Gasteiger partial charge in [0.15, 0.2) is 0 Å². The van der Waals surface area contributed by atoms with Crippen molar-refractivity contribution in [1.29, 1.82) is 0 Å². The Labute approximate surface area is 217 Å². The number of nitrogens with zero attached hydrogens (tertiary/aromatic N) is 1. The molecule has 0 fully saturated rings. The van der Waals surface area contributed by atoms with Crippen LogP contribution in [-0.4, -0.2) is 28.7 Å². The van der Waals surface area contributed by atoms with E-state index in [1.165, 1.54) is 40.1 Å². The Morgan fingerprint density at radius 1 is 1.03 bits per heavy atom. The maximum atomic E-state index is 11.5. The number of anilines is 1. The molecule has 6 nitrogen and oxygen atoms in total. The zero-order valence-corrected chi connectivity index (χ0v) is 21.8. The number of para-hydroxylation sites is 1. The number of carbonyl (C=O) groups excluding carboxylic acids is 1. The molecule has 0 atom stereocenters. The van der Waals surface area contributed by atoms with Crippen molar-refractivity contribution in [2.45, 2.75) is 40.2 Å². The number of hydrogen-bond acceptors (Lipinski definition) is 3. The van der Waals surface area contributed by atoms with Gasteiger partial charge in [0.05, 0.1) is 0 Å². The summed E-state index contributed by atoms with van der Waals surface area (Å²) in [5, 5.41) is 11.0. The Kier molecular flexibility index (Phi) is 7.21. The van der Waals surface area contributed by atoms with Crippen LogP contribution in [0.15, 0.2) is 72.9 Å². The van der Waals surface area contributed by atoms with Crippen LogP contribution >= 0.6 is 0 Å². The topological polar surface area (TPSA) is 80.6 Å². The monoisotopic (exact) mass is 496 g/mol. The van der Waals surface area contributed by atoms with Gasteiger partial charge in [-0.1, -0.05) is 42.5 Å². The summed E-state index contributed by atoms with van der Waals surface area (Å²) in [5.41, 5.74) is 8.85. The second-order valence-corrected chi connectivity index (χ2v) is 10.1. The van der Waals surface area contributed by atoms with Crippen molar-refractivity contribution in [2.24, 2.45) is 0 Å². The first-order valence-corrected chi connectivity index (χ1v) is 12.2. The molecule has 0 radical (unpaired) electrons. The van der Waals surface area contributed by atoms with E-state index in [1.807, 2.05) is 12.1 Å². The summed E-state index contributed by atoms with van der Waals surface area (Å²) in [4.78, 5) is 19.9. The highest BCUT2D eigenvalue weighted by molar-refractivity contribution is 6.07. The number of aromatic nitrogens is 1. The summed E-state index contributed by atoms with van der Waals surface area (Å²) < 4.78 is 8.67. The summed E-state index contributed by atoms with van der Waals surface area (Å²) in [6.07, 6.45) is 2.27. The number of rotatable bonds is 3. The molecule has 0 spiro atoms. The number of fused-ring (bicyclic) bond motifs is 2. The second kappa shape index (κ2) is 10.3. The van der Waals surface area contributed by atoms with Crippen molar-refractivity contribution < 1.29 is 19.4 Å². The smallest absolute Gasteiger partial charge is 0.290 e. The van der Waals surface area contributed by atoms with E-state index < -0.39 is 0 Å². The van der Waals surface area contributed by atoms with Crippen LogP contribution in [0.2, 0.25) is 0 Å². The van der Waals surface area contributed by atoms with Gasteiger partial charge in [0.25, 0.3) is 6.47 Å². The van der Waals surface area contributed by atoms with E-state index in [0.717, 1.165) is 22.6 Å². The molecule has 1 aromatic heterocycles. The molecule has 2 heterocycles. The van der Waals surface area contributed by atoms with Crippen LogP contribution in [0.4, 0.5) is 5.69 Å². The lowest BCUT2D eigenvalue weighted by Gasteiger charge is -2.25. The molecular formula is C31H32N2O4. The minimum absolute atomic E-state index is 0.0525. The molecule has 0 unspecified atom stereocenters. The number of hydrogen-bond donors (Lipinski definition) is 2. The number of ether oxygens (including phenoxy) is 1. The summed E-state index contributed by atoms with van der Waals surface area (Å²) in [6.45, 7) is 10.5. The molecule has 1 aliphatic heterocycles. The van der Waals surface area contributed by atoms with E-state index in [9.17, 15) is 4.79 Å². The van der Waals surface area contributed by atoms with Crippen molar-refractivity contribution in [1.82, 2.24) is 4.57 Å². The highest BCUT2D eigenvalue weighted by Crippen LogP contribution is 2.44. The van der Waals surface area contributed by atoms with Crippen LogP contribution in [0.25, 0.3) is 22.0 Å². The average Bonchev–Trinajstić information content (AvgIpc) is 3.24. The van der Waals surface area contributed by atoms with E-state index >= 15 is 0 Å². The zero-order valence-electron chi connectivity index (χ0n) is 21.8. The third-order valence-electron chi connectivity index (χ3n) is 6.33. The fourth-order valence-electron chi connectivity index (χ4n) is 4.78. The van der Waals surface area contributed by atoms with Gasteiger partial charge in [0, 0.05) is 51.9 Å². The third kappa shape index (κ3) is 5.28. The molecule has 1 amide bonds. The van der Waals surface area contributed by atoms with Gasteiger partial charge in [-0.3, -0.25) is 9.59 Å². The van der Waals surface area contributed by atoms with E-state index in [1.54, 1.807) is 0 Å². The maximum absolute atomic E-state index is 11.5. The Hall–Kier alpha value is -4.32. The molecule has 190 valence electrons. The van der Waals surface area contributed by atoms with Gasteiger partial charge in [0.2, 0.25) is 5.91 Å². The Balaban J connectivity index is 0.00000102. The molecule has 1 aliphatic rings. The van der Waals surface area contributed by atoms with Crippen LogP contribution in [0.1, 0.15) is 49.9 Å². The van der Waals surface area contributed by atoms with Crippen molar-refractivity contribution in [3.63, 3.8) is 0 Å². The Morgan fingerprint density at radius 2 is 1.70 bits per heavy atom. The summed E-state index contributed by atoms with van der Waals surface area (Å²) in [5.74, 6) is 0.832. The maximum Gasteiger partial charge on any atom is 0.290 e. The molecule has 37 heavy (non-hydrogen) atoms. The lowest BCUT2D eigenvalue weighted by atomic mass is 9.87. The lowest BCUT2D eigenvalue weighted by Crippen LogP contribution is -2.20. The predicted molar refractivity (Wildman–Crippen MR) is 149 cm³/mol. The van der Waals surface area contributed by atoms with Crippen LogP contribution in [0.5, 0.6) is 5.75 Å². The molecular weight excluding hydrogens is 464 g/mol. The molecule has 3 aromatic carbocycles. The van der Waals surface area contributed by atoms with E-state index in [4.69, 9.17) is 14.6 Å². The van der Waals surface area contributed by atoms with Gasteiger partial charge >= 0.3 is 0 Å². The van der Waals surface area contributed by atoms with Crippen molar-refractivity contribution in [2.75, 3.05) is 11.9 Å². The molecule has 6 heteroatoms. The standard InChI is InChI=1S/C30H30N2O2.CH2O2/c1-19-10-15-24-28(16-19)34-18-26(29(24)21-11-13-22(14-12-21)31-20(2)33)25-17-32(30(3,4)5)27-9-7-6-8-23(25)27;2-1-3/h6-17H,18H2,1-5H3,(H,31,33);1H,(H,2,3). The number of amides is 1. The lowest BCUT2D eigenvalue weighted by molar-refractivity contribution is -0.123. The van der Waals surface area contributed by atoms with Crippen LogP contribution < -0.4 is 10.1 Å². The molecule has 0 bridgehead atoms. The fourth-order valence-corrected chi connectivity index (χ4v) is 4.78. The van der Waals surface area contributed by atoms with Gasteiger partial charge in [-0.25, -0.2) is 0 Å². The largest absolute Gasteiger partial charge is 0.488 e. The van der Waals surface area contributed by atoms with Gasteiger partial charge < -0.3 is 19.7 Å². The molecule has 2 N–H and O–H groups in total. The first-order chi connectivity index (χ1) is 17.6. The molecule has 0 saturated heterocycles. The minimum Gasteiger partial charge on any atom is -0.488 e. The van der Waals surface area contributed by atoms with Gasteiger partial charge in [-0.15, -0.1) is 0 Å². The summed E-state index contributed by atoms with van der Waals surface area (Å²) in [6, 6.07) is 23.1. The number of aryl methyl sites for hydroxylation is 1. The average molecular weight is 497 g/mol. The number of carboxylic acid groups (broad SMARTS) is 1. The van der Waals surface area contributed by atoms with E-state index in [-0.39, 0.29) is 17.9 Å². The van der Waals surface area contributed by atoms with Gasteiger partial charge in [-0.2, -0.15) is 0 Å². The minimum atomic E-state index is -0.250. The van der Waals surface area contributed by atoms with Crippen molar-refractivity contribution in [3.05, 3.63) is 95.2 Å². The molecule has 0 saturated carbocycles. The third-order valence-corrected chi connectivity index (χ3v) is 6.33. The van der Waals surface area contributed by atoms with Crippen LogP contribution in [0, 0.1) is 6.92 Å². The van der Waals surface area contributed by atoms with E-state index in [0.29, 0.717) is 6.61 Å². The van der Waals surface area contributed by atoms with Crippen LogP contribution in [-0.2, 0) is 15.1 Å².